The van der Waals surface area contributed by atoms with Crippen LogP contribution in [0.3, 0.4) is 0 Å². The minimum atomic E-state index is -0.0460. The number of halogens is 1. The number of hydrogen-bond acceptors (Lipinski definition) is 3. The fraction of sp³-hybridized carbons (Fsp3) is 0.636. The number of guanidine groups is 1. The summed E-state index contributed by atoms with van der Waals surface area (Å²) < 4.78 is 0. The lowest BCUT2D eigenvalue weighted by atomic mass is 10.0. The molecular formula is C22H38IN5O. The lowest BCUT2D eigenvalue weighted by Crippen LogP contribution is -2.41. The van der Waals surface area contributed by atoms with Gasteiger partial charge in [0, 0.05) is 32.2 Å². The lowest BCUT2D eigenvalue weighted by molar-refractivity contribution is -0.119. The van der Waals surface area contributed by atoms with E-state index in [0.29, 0.717) is 18.5 Å². The van der Waals surface area contributed by atoms with E-state index in [1.54, 1.807) is 0 Å². The van der Waals surface area contributed by atoms with Crippen LogP contribution in [0.5, 0.6) is 0 Å². The molecule has 0 bridgehead atoms. The molecule has 1 fully saturated rings. The van der Waals surface area contributed by atoms with Gasteiger partial charge in [-0.25, -0.2) is 4.99 Å². The number of piperidine rings is 1. The Hall–Kier alpha value is -1.35. The van der Waals surface area contributed by atoms with Gasteiger partial charge in [0.15, 0.2) is 5.96 Å². The predicted octanol–water partition coefficient (Wildman–Crippen LogP) is 2.78. The van der Waals surface area contributed by atoms with Gasteiger partial charge in [-0.3, -0.25) is 4.79 Å². The molecule has 1 aromatic rings. The van der Waals surface area contributed by atoms with Crippen molar-refractivity contribution in [3.63, 3.8) is 0 Å². The van der Waals surface area contributed by atoms with Crippen LogP contribution in [-0.2, 0) is 11.2 Å². The van der Waals surface area contributed by atoms with Crippen molar-refractivity contribution < 1.29 is 4.79 Å². The number of aliphatic imine (C=N–C) groups is 1. The summed E-state index contributed by atoms with van der Waals surface area (Å²) in [5.74, 6) is 0.669. The van der Waals surface area contributed by atoms with Crippen LogP contribution >= 0.6 is 24.0 Å². The number of carbonyl (C=O) groups is 1. The Morgan fingerprint density at radius 1 is 1.14 bits per heavy atom. The Morgan fingerprint density at radius 2 is 1.93 bits per heavy atom. The summed E-state index contributed by atoms with van der Waals surface area (Å²) in [5, 5.41) is 9.49. The number of amides is 1. The van der Waals surface area contributed by atoms with Crippen molar-refractivity contribution in [1.29, 1.82) is 0 Å². The van der Waals surface area contributed by atoms with Crippen LogP contribution in [0.2, 0.25) is 0 Å². The molecule has 1 heterocycles. The highest BCUT2D eigenvalue weighted by atomic mass is 127. The smallest absolute Gasteiger partial charge is 0.241 e. The highest BCUT2D eigenvalue weighted by Gasteiger charge is 2.17. The molecule has 1 aromatic carbocycles. The minimum Gasteiger partial charge on any atom is -0.357 e. The molecule has 1 aliphatic rings. The number of hydrogen-bond donors (Lipinski definition) is 3. The molecule has 0 spiro atoms. The zero-order valence-corrected chi connectivity index (χ0v) is 20.3. The van der Waals surface area contributed by atoms with Gasteiger partial charge in [0.1, 0.15) is 6.54 Å². The van der Waals surface area contributed by atoms with Gasteiger partial charge in [-0.05, 0) is 51.6 Å². The molecule has 1 aliphatic heterocycles. The second kappa shape index (κ2) is 15.5. The molecule has 1 atom stereocenters. The lowest BCUT2D eigenvalue weighted by Gasteiger charge is -2.33. The van der Waals surface area contributed by atoms with Gasteiger partial charge in [0.25, 0.3) is 0 Å². The maximum atomic E-state index is 12.0. The third kappa shape index (κ3) is 10.8. The minimum absolute atomic E-state index is 0. The second-order valence-corrected chi connectivity index (χ2v) is 7.44. The molecule has 0 aliphatic carbocycles. The molecular weight excluding hydrogens is 477 g/mol. The SMILES string of the molecule is CCNC(=NCC(=O)NCCc1ccccc1)NCCCN1CCCCC1C.I. The van der Waals surface area contributed by atoms with Crippen molar-refractivity contribution in [2.75, 3.05) is 39.3 Å². The van der Waals surface area contributed by atoms with Gasteiger partial charge in [0.2, 0.25) is 5.91 Å². The maximum absolute atomic E-state index is 12.0. The first kappa shape index (κ1) is 25.7. The molecule has 0 saturated carbocycles. The molecule has 1 unspecified atom stereocenters. The topological polar surface area (TPSA) is 68.8 Å². The van der Waals surface area contributed by atoms with E-state index in [-0.39, 0.29) is 36.4 Å². The zero-order chi connectivity index (χ0) is 20.0. The Bertz CT molecular complexity index is 596. The molecule has 0 radical (unpaired) electrons. The van der Waals surface area contributed by atoms with Crippen molar-refractivity contribution in [2.45, 2.75) is 52.0 Å². The predicted molar refractivity (Wildman–Crippen MR) is 132 cm³/mol. The first-order valence-electron chi connectivity index (χ1n) is 10.8. The van der Waals surface area contributed by atoms with E-state index in [0.717, 1.165) is 32.5 Å². The van der Waals surface area contributed by atoms with E-state index in [9.17, 15) is 4.79 Å². The van der Waals surface area contributed by atoms with E-state index in [2.05, 4.69) is 44.9 Å². The van der Waals surface area contributed by atoms with Gasteiger partial charge in [0.05, 0.1) is 0 Å². The fourth-order valence-corrected chi connectivity index (χ4v) is 3.52. The molecule has 3 N–H and O–H groups in total. The van der Waals surface area contributed by atoms with Crippen LogP contribution < -0.4 is 16.0 Å². The van der Waals surface area contributed by atoms with Crippen molar-refractivity contribution in [1.82, 2.24) is 20.9 Å². The maximum Gasteiger partial charge on any atom is 0.241 e. The molecule has 2 rings (SSSR count). The van der Waals surface area contributed by atoms with E-state index in [1.165, 1.54) is 31.4 Å². The summed E-state index contributed by atoms with van der Waals surface area (Å²) in [4.78, 5) is 19.0. The summed E-state index contributed by atoms with van der Waals surface area (Å²) in [7, 11) is 0. The quantitative estimate of drug-likeness (QED) is 0.194. The van der Waals surface area contributed by atoms with Gasteiger partial charge >= 0.3 is 0 Å². The average molecular weight is 515 g/mol. The summed E-state index contributed by atoms with van der Waals surface area (Å²) >= 11 is 0. The van der Waals surface area contributed by atoms with Crippen molar-refractivity contribution in [2.24, 2.45) is 4.99 Å². The summed E-state index contributed by atoms with van der Waals surface area (Å²) in [5.41, 5.74) is 1.23. The molecule has 0 aromatic heterocycles. The third-order valence-electron chi connectivity index (χ3n) is 5.16. The monoisotopic (exact) mass is 515 g/mol. The van der Waals surface area contributed by atoms with Gasteiger partial charge in [-0.15, -0.1) is 24.0 Å². The third-order valence-corrected chi connectivity index (χ3v) is 5.16. The first-order valence-corrected chi connectivity index (χ1v) is 10.8. The van der Waals surface area contributed by atoms with E-state index in [1.807, 2.05) is 25.1 Å². The highest BCUT2D eigenvalue weighted by Crippen LogP contribution is 2.15. The Labute approximate surface area is 193 Å². The summed E-state index contributed by atoms with van der Waals surface area (Å²) in [6.07, 6.45) is 5.92. The van der Waals surface area contributed by atoms with Crippen LogP contribution in [0, 0.1) is 0 Å². The highest BCUT2D eigenvalue weighted by molar-refractivity contribution is 14.0. The van der Waals surface area contributed by atoms with Crippen molar-refractivity contribution >= 4 is 35.8 Å². The number of nitrogens with one attached hydrogen (secondary N) is 3. The average Bonchev–Trinajstić information content (AvgIpc) is 2.71. The van der Waals surface area contributed by atoms with Crippen LogP contribution in [-0.4, -0.2) is 62.1 Å². The fourth-order valence-electron chi connectivity index (χ4n) is 3.52. The Kier molecular flexibility index (Phi) is 13.7. The Morgan fingerprint density at radius 3 is 2.66 bits per heavy atom. The zero-order valence-electron chi connectivity index (χ0n) is 18.0. The standard InChI is InChI=1S/C22H37N5O.HI/c1-3-23-22(25-14-9-17-27-16-8-7-10-19(27)2)26-18-21(28)24-15-13-20-11-5-4-6-12-20;/h4-6,11-12,19H,3,7-10,13-18H2,1-2H3,(H,24,28)(H2,23,25,26);1H. The van der Waals surface area contributed by atoms with Crippen molar-refractivity contribution in [3.05, 3.63) is 35.9 Å². The largest absolute Gasteiger partial charge is 0.357 e. The molecule has 1 saturated heterocycles. The second-order valence-electron chi connectivity index (χ2n) is 7.44. The van der Waals surface area contributed by atoms with Gasteiger partial charge in [-0.1, -0.05) is 36.8 Å². The van der Waals surface area contributed by atoms with Crippen molar-refractivity contribution in [3.8, 4) is 0 Å². The number of rotatable bonds is 10. The number of benzene rings is 1. The molecule has 164 valence electrons. The molecule has 7 heteroatoms. The van der Waals surface area contributed by atoms with Gasteiger partial charge < -0.3 is 20.9 Å². The normalized spacial score (nSPS) is 17.3. The first-order chi connectivity index (χ1) is 13.7. The van der Waals surface area contributed by atoms with E-state index >= 15 is 0 Å². The van der Waals surface area contributed by atoms with E-state index < -0.39 is 0 Å². The molecule has 29 heavy (non-hydrogen) atoms. The number of likely N-dealkylation sites (tertiary alicyclic amines) is 1. The molecule has 6 nitrogen and oxygen atoms in total. The van der Waals surface area contributed by atoms with Gasteiger partial charge in [-0.2, -0.15) is 0 Å². The molecule has 1 amide bonds. The van der Waals surface area contributed by atoms with Crippen LogP contribution in [0.15, 0.2) is 35.3 Å². The number of carbonyl (C=O) groups excluding carboxylic acids is 1. The van der Waals surface area contributed by atoms with Crippen LogP contribution in [0.1, 0.15) is 45.1 Å². The van der Waals surface area contributed by atoms with Crippen LogP contribution in [0.25, 0.3) is 0 Å². The Balaban J connectivity index is 0.00000420. The van der Waals surface area contributed by atoms with E-state index in [4.69, 9.17) is 0 Å². The van der Waals surface area contributed by atoms with Crippen LogP contribution in [0.4, 0.5) is 0 Å². The summed E-state index contributed by atoms with van der Waals surface area (Å²) in [6, 6.07) is 10.9. The summed E-state index contributed by atoms with van der Waals surface area (Å²) in [6.45, 7) is 9.13. The number of nitrogens with zero attached hydrogens (tertiary/aromatic N) is 2.